The Kier molecular flexibility index (Phi) is 4.21. The van der Waals surface area contributed by atoms with Gasteiger partial charge < -0.3 is 10.1 Å². The summed E-state index contributed by atoms with van der Waals surface area (Å²) in [6.45, 7) is 6.06. The molecule has 1 aromatic carbocycles. The van der Waals surface area contributed by atoms with Crippen molar-refractivity contribution in [1.29, 1.82) is 0 Å². The first-order chi connectivity index (χ1) is 11.3. The van der Waals surface area contributed by atoms with E-state index in [9.17, 15) is 9.00 Å². The molecule has 0 saturated carbocycles. The highest BCUT2D eigenvalue weighted by Gasteiger charge is 2.31. The second kappa shape index (κ2) is 6.05. The Morgan fingerprint density at radius 2 is 2.00 bits per heavy atom. The Labute approximate surface area is 143 Å². The molecule has 3 rings (SSSR count). The first-order valence-corrected chi connectivity index (χ1v) is 9.20. The third-order valence-electron chi connectivity index (χ3n) is 3.89. The maximum absolute atomic E-state index is 12.7. The van der Waals surface area contributed by atoms with Crippen molar-refractivity contribution in [3.63, 3.8) is 0 Å². The SMILES string of the molecule is COc1ccccc1C(=O)Nc1c2c(nn1C(C)(C)C)CS(=O)C2. The summed E-state index contributed by atoms with van der Waals surface area (Å²) in [5.41, 5.74) is 1.83. The molecule has 0 saturated heterocycles. The van der Waals surface area contributed by atoms with Gasteiger partial charge in [0.05, 0.1) is 35.4 Å². The van der Waals surface area contributed by atoms with Gasteiger partial charge >= 0.3 is 0 Å². The number of nitrogens with one attached hydrogen (secondary N) is 1. The number of aromatic nitrogens is 2. The fraction of sp³-hybridized carbons (Fsp3) is 0.412. The van der Waals surface area contributed by atoms with Crippen molar-refractivity contribution in [2.75, 3.05) is 12.4 Å². The van der Waals surface area contributed by atoms with Crippen LogP contribution in [-0.4, -0.2) is 27.0 Å². The van der Waals surface area contributed by atoms with Crippen LogP contribution in [0.25, 0.3) is 0 Å². The number of nitrogens with zero attached hydrogens (tertiary/aromatic N) is 2. The topological polar surface area (TPSA) is 73.2 Å². The minimum Gasteiger partial charge on any atom is -0.496 e. The van der Waals surface area contributed by atoms with E-state index in [4.69, 9.17) is 4.74 Å². The van der Waals surface area contributed by atoms with Crippen molar-refractivity contribution < 1.29 is 13.7 Å². The monoisotopic (exact) mass is 347 g/mol. The molecule has 2 heterocycles. The lowest BCUT2D eigenvalue weighted by Crippen LogP contribution is -2.27. The van der Waals surface area contributed by atoms with E-state index >= 15 is 0 Å². The molecule has 1 aromatic heterocycles. The Morgan fingerprint density at radius 1 is 1.29 bits per heavy atom. The van der Waals surface area contributed by atoms with Gasteiger partial charge in [-0.05, 0) is 32.9 Å². The minimum atomic E-state index is -0.951. The van der Waals surface area contributed by atoms with E-state index in [0.29, 0.717) is 28.6 Å². The standard InChI is InChI=1S/C17H21N3O3S/c1-17(2,3)20-15(12-9-24(22)10-13(12)19-20)18-16(21)11-7-5-6-8-14(11)23-4/h5-8H,9-10H2,1-4H3,(H,18,21). The smallest absolute Gasteiger partial charge is 0.260 e. The van der Waals surface area contributed by atoms with Crippen LogP contribution in [0.5, 0.6) is 5.75 Å². The van der Waals surface area contributed by atoms with Crippen LogP contribution in [0.15, 0.2) is 24.3 Å². The molecule has 2 aromatic rings. The quantitative estimate of drug-likeness (QED) is 0.926. The van der Waals surface area contributed by atoms with Crippen molar-refractivity contribution in [1.82, 2.24) is 9.78 Å². The highest BCUT2D eigenvalue weighted by atomic mass is 32.2. The van der Waals surface area contributed by atoms with Crippen LogP contribution in [-0.2, 0) is 27.8 Å². The number of hydrogen-bond donors (Lipinski definition) is 1. The number of rotatable bonds is 3. The number of anilines is 1. The summed E-state index contributed by atoms with van der Waals surface area (Å²) in [4.78, 5) is 12.7. The third-order valence-corrected chi connectivity index (χ3v) is 5.09. The number of ether oxygens (including phenoxy) is 1. The Hall–Kier alpha value is -2.15. The molecule has 128 valence electrons. The maximum atomic E-state index is 12.7. The lowest BCUT2D eigenvalue weighted by Gasteiger charge is -2.23. The van der Waals surface area contributed by atoms with Gasteiger partial charge in [-0.25, -0.2) is 4.68 Å². The van der Waals surface area contributed by atoms with E-state index in [1.54, 1.807) is 22.9 Å². The number of methoxy groups -OCH3 is 1. The lowest BCUT2D eigenvalue weighted by molar-refractivity contribution is 0.102. The Bertz CT molecular complexity index is 821. The van der Waals surface area contributed by atoms with E-state index in [1.165, 1.54) is 7.11 Å². The van der Waals surface area contributed by atoms with Crippen LogP contribution >= 0.6 is 0 Å². The molecule has 1 atom stereocenters. The number of carbonyl (C=O) groups excluding carboxylic acids is 1. The first-order valence-electron chi connectivity index (χ1n) is 7.72. The van der Waals surface area contributed by atoms with Crippen molar-refractivity contribution in [3.05, 3.63) is 41.1 Å². The molecule has 1 amide bonds. The van der Waals surface area contributed by atoms with Crippen molar-refractivity contribution in [2.45, 2.75) is 37.8 Å². The number of amides is 1. The van der Waals surface area contributed by atoms with Gasteiger partial charge in [-0.15, -0.1) is 0 Å². The van der Waals surface area contributed by atoms with Gasteiger partial charge in [-0.3, -0.25) is 9.00 Å². The summed E-state index contributed by atoms with van der Waals surface area (Å²) in [5.74, 6) is 1.73. The van der Waals surface area contributed by atoms with E-state index in [1.807, 2.05) is 26.8 Å². The molecule has 24 heavy (non-hydrogen) atoms. The van der Waals surface area contributed by atoms with Crippen LogP contribution in [0, 0.1) is 0 Å². The van der Waals surface area contributed by atoms with Crippen molar-refractivity contribution in [2.24, 2.45) is 0 Å². The summed E-state index contributed by atoms with van der Waals surface area (Å²) in [7, 11) is 0.583. The molecule has 0 fully saturated rings. The average Bonchev–Trinajstić information content (AvgIpc) is 3.04. The van der Waals surface area contributed by atoms with Crippen LogP contribution in [0.1, 0.15) is 42.4 Å². The predicted molar refractivity (Wildman–Crippen MR) is 93.7 cm³/mol. The molecule has 1 N–H and O–H groups in total. The molecule has 0 radical (unpaired) electrons. The molecule has 1 unspecified atom stereocenters. The molecule has 6 nitrogen and oxygen atoms in total. The second-order valence-electron chi connectivity index (χ2n) is 6.74. The second-order valence-corrected chi connectivity index (χ2v) is 8.20. The molecule has 1 aliphatic rings. The number of carbonyl (C=O) groups is 1. The molecule has 7 heteroatoms. The summed E-state index contributed by atoms with van der Waals surface area (Å²) in [6.07, 6.45) is 0. The number of benzene rings is 1. The van der Waals surface area contributed by atoms with Gasteiger partial charge in [0.25, 0.3) is 5.91 Å². The predicted octanol–water partition coefficient (Wildman–Crippen LogP) is 2.66. The van der Waals surface area contributed by atoms with Gasteiger partial charge in [0.2, 0.25) is 0 Å². The van der Waals surface area contributed by atoms with Crippen LogP contribution in [0.2, 0.25) is 0 Å². The van der Waals surface area contributed by atoms with Gasteiger partial charge in [-0.1, -0.05) is 12.1 Å². The highest BCUT2D eigenvalue weighted by molar-refractivity contribution is 7.83. The van der Waals surface area contributed by atoms with Crippen LogP contribution in [0.4, 0.5) is 5.82 Å². The van der Waals surface area contributed by atoms with Crippen molar-refractivity contribution in [3.8, 4) is 5.75 Å². The summed E-state index contributed by atoms with van der Waals surface area (Å²) < 4.78 is 18.9. The lowest BCUT2D eigenvalue weighted by atomic mass is 10.1. The Balaban J connectivity index is 2.01. The normalized spacial score (nSPS) is 16.8. The zero-order valence-electron chi connectivity index (χ0n) is 14.3. The largest absolute Gasteiger partial charge is 0.496 e. The first kappa shape index (κ1) is 16.7. The van der Waals surface area contributed by atoms with E-state index in [2.05, 4.69) is 10.4 Å². The average molecular weight is 347 g/mol. The summed E-state index contributed by atoms with van der Waals surface area (Å²) >= 11 is 0. The molecule has 0 spiro atoms. The molecule has 0 aliphatic carbocycles. The number of hydrogen-bond acceptors (Lipinski definition) is 4. The van der Waals surface area contributed by atoms with Crippen LogP contribution in [0.3, 0.4) is 0 Å². The van der Waals surface area contributed by atoms with Gasteiger partial charge in [-0.2, -0.15) is 5.10 Å². The molecule has 1 aliphatic heterocycles. The summed E-state index contributed by atoms with van der Waals surface area (Å²) in [6, 6.07) is 7.06. The zero-order chi connectivity index (χ0) is 17.5. The minimum absolute atomic E-state index is 0.265. The fourth-order valence-corrected chi connectivity index (χ4v) is 4.01. The highest BCUT2D eigenvalue weighted by Crippen LogP contribution is 2.33. The van der Waals surface area contributed by atoms with Gasteiger partial charge in [0.15, 0.2) is 0 Å². The maximum Gasteiger partial charge on any atom is 0.260 e. The molecule has 0 bridgehead atoms. The fourth-order valence-electron chi connectivity index (χ4n) is 2.75. The molecular formula is C17H21N3O3S. The third kappa shape index (κ3) is 2.96. The van der Waals surface area contributed by atoms with E-state index < -0.39 is 10.8 Å². The van der Waals surface area contributed by atoms with Crippen molar-refractivity contribution >= 4 is 22.5 Å². The number of para-hydroxylation sites is 1. The molecular weight excluding hydrogens is 326 g/mol. The van der Waals surface area contributed by atoms with E-state index in [-0.39, 0.29) is 11.4 Å². The van der Waals surface area contributed by atoms with Crippen LogP contribution < -0.4 is 10.1 Å². The Morgan fingerprint density at radius 3 is 2.67 bits per heavy atom. The van der Waals surface area contributed by atoms with E-state index in [0.717, 1.165) is 11.3 Å². The zero-order valence-corrected chi connectivity index (χ0v) is 15.1. The number of fused-ring (bicyclic) bond motifs is 1. The van der Waals surface area contributed by atoms with Gasteiger partial charge in [0, 0.05) is 16.4 Å². The summed E-state index contributed by atoms with van der Waals surface area (Å²) in [5, 5.41) is 7.54. The van der Waals surface area contributed by atoms with Gasteiger partial charge in [0.1, 0.15) is 11.6 Å².